The number of nitrogens with zero attached hydrogens (tertiary/aromatic N) is 2. The van der Waals surface area contributed by atoms with Gasteiger partial charge in [-0.25, -0.2) is 4.79 Å². The molecule has 154 valence electrons. The van der Waals surface area contributed by atoms with Crippen molar-refractivity contribution in [2.24, 2.45) is 0 Å². The Kier molecular flexibility index (Phi) is 7.70. The maximum absolute atomic E-state index is 12.4. The molecule has 0 aliphatic carbocycles. The third-order valence-electron chi connectivity index (χ3n) is 5.17. The second kappa shape index (κ2) is 10.7. The predicted molar refractivity (Wildman–Crippen MR) is 118 cm³/mol. The van der Waals surface area contributed by atoms with Crippen molar-refractivity contribution in [2.75, 3.05) is 45.9 Å². The largest absolute Gasteiger partial charge is 0.491 e. The maximum atomic E-state index is 12.4. The van der Waals surface area contributed by atoms with E-state index in [1.807, 2.05) is 55.1 Å². The molecular formula is C24H31N3O2. The van der Waals surface area contributed by atoms with Gasteiger partial charge in [-0.1, -0.05) is 60.7 Å². The first-order chi connectivity index (χ1) is 14.1. The van der Waals surface area contributed by atoms with Gasteiger partial charge in [-0.15, -0.1) is 0 Å². The van der Waals surface area contributed by atoms with Gasteiger partial charge in [0.15, 0.2) is 0 Å². The molecule has 0 atom stereocenters. The van der Waals surface area contributed by atoms with Crippen LogP contribution in [0.5, 0.6) is 5.75 Å². The normalized spacial score (nSPS) is 14.9. The van der Waals surface area contributed by atoms with Crippen LogP contribution in [0.3, 0.4) is 0 Å². The van der Waals surface area contributed by atoms with Crippen LogP contribution in [0.25, 0.3) is 6.08 Å². The number of para-hydroxylation sites is 1. The van der Waals surface area contributed by atoms with Crippen LogP contribution in [0.2, 0.25) is 0 Å². The standard InChI is InChI=1S/C24H31N3O2/c1-20-8-6-9-21(2)23(20)29-19-13-25-24(28)27-17-15-26(16-18-27)14-7-12-22-10-4-3-5-11-22/h3-12H,13-19H2,1-2H3,(H,25,28)/b12-7+. The van der Waals surface area contributed by atoms with Crippen molar-refractivity contribution in [3.63, 3.8) is 0 Å². The molecule has 2 aromatic rings. The van der Waals surface area contributed by atoms with Crippen molar-refractivity contribution >= 4 is 12.1 Å². The zero-order valence-corrected chi connectivity index (χ0v) is 17.4. The molecule has 1 saturated heterocycles. The summed E-state index contributed by atoms with van der Waals surface area (Å²) in [7, 11) is 0. The van der Waals surface area contributed by atoms with E-state index in [4.69, 9.17) is 4.74 Å². The van der Waals surface area contributed by atoms with Gasteiger partial charge in [-0.3, -0.25) is 4.90 Å². The number of nitrogens with one attached hydrogen (secondary N) is 1. The molecule has 1 fully saturated rings. The van der Waals surface area contributed by atoms with Crippen molar-refractivity contribution in [3.05, 3.63) is 71.3 Å². The first-order valence-corrected chi connectivity index (χ1v) is 10.3. The number of amides is 2. The summed E-state index contributed by atoms with van der Waals surface area (Å²) in [5, 5.41) is 2.97. The lowest BCUT2D eigenvalue weighted by Crippen LogP contribution is -2.52. The minimum absolute atomic E-state index is 0.00502. The van der Waals surface area contributed by atoms with E-state index in [9.17, 15) is 4.79 Å². The second-order valence-electron chi connectivity index (χ2n) is 7.40. The van der Waals surface area contributed by atoms with Gasteiger partial charge in [0.1, 0.15) is 12.4 Å². The Morgan fingerprint density at radius 3 is 2.38 bits per heavy atom. The monoisotopic (exact) mass is 393 g/mol. The molecule has 1 aliphatic heterocycles. The second-order valence-corrected chi connectivity index (χ2v) is 7.40. The van der Waals surface area contributed by atoms with Crippen LogP contribution >= 0.6 is 0 Å². The van der Waals surface area contributed by atoms with Gasteiger partial charge in [-0.2, -0.15) is 0 Å². The molecule has 5 nitrogen and oxygen atoms in total. The first kappa shape index (κ1) is 20.9. The van der Waals surface area contributed by atoms with E-state index < -0.39 is 0 Å². The van der Waals surface area contributed by atoms with Crippen LogP contribution in [-0.2, 0) is 0 Å². The average Bonchev–Trinajstić information content (AvgIpc) is 2.74. The number of carbonyl (C=O) groups excluding carboxylic acids is 1. The summed E-state index contributed by atoms with van der Waals surface area (Å²) in [6.07, 6.45) is 4.34. The quantitative estimate of drug-likeness (QED) is 0.729. The zero-order valence-electron chi connectivity index (χ0n) is 17.4. The summed E-state index contributed by atoms with van der Waals surface area (Å²) in [4.78, 5) is 16.6. The Labute approximate surface area is 174 Å². The summed E-state index contributed by atoms with van der Waals surface area (Å²) in [6.45, 7) is 9.26. The molecule has 0 spiro atoms. The molecule has 1 aliphatic rings. The third kappa shape index (κ3) is 6.36. The fourth-order valence-electron chi connectivity index (χ4n) is 3.49. The van der Waals surface area contributed by atoms with Gasteiger partial charge in [0.2, 0.25) is 0 Å². The SMILES string of the molecule is Cc1cccc(C)c1OCCNC(=O)N1CCN(C/C=C/c2ccccc2)CC1. The summed E-state index contributed by atoms with van der Waals surface area (Å²) in [5.41, 5.74) is 3.45. The summed E-state index contributed by atoms with van der Waals surface area (Å²) < 4.78 is 5.85. The van der Waals surface area contributed by atoms with E-state index in [-0.39, 0.29) is 6.03 Å². The van der Waals surface area contributed by atoms with Crippen LogP contribution in [0.1, 0.15) is 16.7 Å². The van der Waals surface area contributed by atoms with Crippen molar-refractivity contribution in [1.29, 1.82) is 0 Å². The topological polar surface area (TPSA) is 44.8 Å². The highest BCUT2D eigenvalue weighted by Gasteiger charge is 2.20. The number of rotatable bonds is 7. The summed E-state index contributed by atoms with van der Waals surface area (Å²) >= 11 is 0. The van der Waals surface area contributed by atoms with Gasteiger partial charge in [0, 0.05) is 32.7 Å². The number of piperazine rings is 1. The molecule has 0 radical (unpaired) electrons. The van der Waals surface area contributed by atoms with Crippen molar-refractivity contribution in [2.45, 2.75) is 13.8 Å². The van der Waals surface area contributed by atoms with E-state index >= 15 is 0 Å². The van der Waals surface area contributed by atoms with Crippen LogP contribution in [0.15, 0.2) is 54.6 Å². The van der Waals surface area contributed by atoms with E-state index in [2.05, 4.69) is 34.5 Å². The first-order valence-electron chi connectivity index (χ1n) is 10.3. The lowest BCUT2D eigenvalue weighted by molar-refractivity contribution is 0.145. The van der Waals surface area contributed by atoms with Crippen molar-refractivity contribution < 1.29 is 9.53 Å². The average molecular weight is 394 g/mol. The molecular weight excluding hydrogens is 362 g/mol. The van der Waals surface area contributed by atoms with E-state index in [1.165, 1.54) is 5.56 Å². The highest BCUT2D eigenvalue weighted by atomic mass is 16.5. The number of urea groups is 1. The minimum atomic E-state index is -0.00502. The van der Waals surface area contributed by atoms with Crippen LogP contribution < -0.4 is 10.1 Å². The minimum Gasteiger partial charge on any atom is -0.491 e. The Morgan fingerprint density at radius 2 is 1.69 bits per heavy atom. The zero-order chi connectivity index (χ0) is 20.5. The fourth-order valence-corrected chi connectivity index (χ4v) is 3.49. The maximum Gasteiger partial charge on any atom is 0.317 e. The number of hydrogen-bond acceptors (Lipinski definition) is 3. The third-order valence-corrected chi connectivity index (χ3v) is 5.17. The van der Waals surface area contributed by atoms with Gasteiger partial charge < -0.3 is 15.0 Å². The smallest absolute Gasteiger partial charge is 0.317 e. The lowest BCUT2D eigenvalue weighted by atomic mass is 10.1. The van der Waals surface area contributed by atoms with Crippen LogP contribution in [0, 0.1) is 13.8 Å². The molecule has 29 heavy (non-hydrogen) atoms. The summed E-state index contributed by atoms with van der Waals surface area (Å²) in [6, 6.07) is 16.4. The molecule has 1 N–H and O–H groups in total. The highest BCUT2D eigenvalue weighted by molar-refractivity contribution is 5.74. The van der Waals surface area contributed by atoms with Crippen LogP contribution in [-0.4, -0.2) is 61.7 Å². The van der Waals surface area contributed by atoms with Crippen molar-refractivity contribution in [1.82, 2.24) is 15.1 Å². The molecule has 0 saturated carbocycles. The molecule has 5 heteroatoms. The Morgan fingerprint density at radius 1 is 1.00 bits per heavy atom. The summed E-state index contributed by atoms with van der Waals surface area (Å²) in [5.74, 6) is 0.916. The van der Waals surface area contributed by atoms with Gasteiger partial charge >= 0.3 is 6.03 Å². The fraction of sp³-hybridized carbons (Fsp3) is 0.375. The number of benzene rings is 2. The molecule has 0 aromatic heterocycles. The van der Waals surface area contributed by atoms with E-state index in [0.29, 0.717) is 13.2 Å². The Hall–Kier alpha value is -2.79. The van der Waals surface area contributed by atoms with E-state index in [1.54, 1.807) is 0 Å². The molecule has 1 heterocycles. The molecule has 2 aromatic carbocycles. The predicted octanol–water partition coefficient (Wildman–Crippen LogP) is 3.72. The Bertz CT molecular complexity index is 792. The molecule has 0 bridgehead atoms. The molecule has 3 rings (SSSR count). The molecule has 0 unspecified atom stereocenters. The van der Waals surface area contributed by atoms with E-state index in [0.717, 1.165) is 49.6 Å². The Balaban J connectivity index is 1.33. The molecule has 2 amide bonds. The van der Waals surface area contributed by atoms with Crippen molar-refractivity contribution in [3.8, 4) is 5.75 Å². The lowest BCUT2D eigenvalue weighted by Gasteiger charge is -2.34. The number of ether oxygens (including phenoxy) is 1. The van der Waals surface area contributed by atoms with Gasteiger partial charge in [-0.05, 0) is 30.5 Å². The van der Waals surface area contributed by atoms with Gasteiger partial charge in [0.05, 0.1) is 6.54 Å². The van der Waals surface area contributed by atoms with Gasteiger partial charge in [0.25, 0.3) is 0 Å². The number of aryl methyl sites for hydroxylation is 2. The highest BCUT2D eigenvalue weighted by Crippen LogP contribution is 2.21. The number of carbonyl (C=O) groups is 1. The number of hydrogen-bond donors (Lipinski definition) is 1. The van der Waals surface area contributed by atoms with Crippen LogP contribution in [0.4, 0.5) is 4.79 Å².